The summed E-state index contributed by atoms with van der Waals surface area (Å²) in [7, 11) is -3.67. The standard InChI is InChI=1S/C13H14N2O5S/c1-9-6-11(15-20-9)8-14-21(18,19)12-4-2-10(3-5-12)7-13(16)17/h2-6,14H,7-8H2,1H3,(H,16,17). The SMILES string of the molecule is Cc1cc(CNS(=O)(=O)c2ccc(CC(=O)O)cc2)no1. The highest BCUT2D eigenvalue weighted by Crippen LogP contribution is 2.12. The Labute approximate surface area is 121 Å². The van der Waals surface area contributed by atoms with Crippen molar-refractivity contribution in [3.63, 3.8) is 0 Å². The lowest BCUT2D eigenvalue weighted by Gasteiger charge is -2.05. The molecule has 0 amide bonds. The van der Waals surface area contributed by atoms with Crippen LogP contribution in [0.4, 0.5) is 0 Å². The van der Waals surface area contributed by atoms with Crippen LogP contribution in [0.1, 0.15) is 17.0 Å². The van der Waals surface area contributed by atoms with E-state index in [1.54, 1.807) is 13.0 Å². The van der Waals surface area contributed by atoms with E-state index < -0.39 is 16.0 Å². The third-order valence-corrected chi connectivity index (χ3v) is 4.13. The molecule has 0 saturated heterocycles. The van der Waals surface area contributed by atoms with Crippen LogP contribution in [-0.4, -0.2) is 24.7 Å². The average molecular weight is 310 g/mol. The van der Waals surface area contributed by atoms with E-state index in [4.69, 9.17) is 9.63 Å². The number of aryl methyl sites for hydroxylation is 1. The van der Waals surface area contributed by atoms with Gasteiger partial charge < -0.3 is 9.63 Å². The third-order valence-electron chi connectivity index (χ3n) is 2.71. The maximum absolute atomic E-state index is 12.1. The van der Waals surface area contributed by atoms with E-state index >= 15 is 0 Å². The van der Waals surface area contributed by atoms with Crippen LogP contribution in [0.15, 0.2) is 39.8 Å². The van der Waals surface area contributed by atoms with Gasteiger partial charge in [0.2, 0.25) is 10.0 Å². The van der Waals surface area contributed by atoms with E-state index in [1.807, 2.05) is 0 Å². The van der Waals surface area contributed by atoms with Gasteiger partial charge in [-0.1, -0.05) is 17.3 Å². The van der Waals surface area contributed by atoms with Crippen LogP contribution in [0.5, 0.6) is 0 Å². The zero-order valence-corrected chi connectivity index (χ0v) is 12.1. The summed E-state index contributed by atoms with van der Waals surface area (Å²) in [6.45, 7) is 1.74. The van der Waals surface area contributed by atoms with Gasteiger partial charge in [-0.15, -0.1) is 0 Å². The van der Waals surface area contributed by atoms with Crippen molar-refractivity contribution in [3.05, 3.63) is 47.3 Å². The number of hydrogen-bond donors (Lipinski definition) is 2. The Hall–Kier alpha value is -2.19. The second-order valence-corrected chi connectivity index (χ2v) is 6.23. The molecule has 0 atom stereocenters. The number of aliphatic carboxylic acids is 1. The predicted molar refractivity (Wildman–Crippen MR) is 73.0 cm³/mol. The van der Waals surface area contributed by atoms with Crippen LogP contribution >= 0.6 is 0 Å². The molecule has 112 valence electrons. The summed E-state index contributed by atoms with van der Waals surface area (Å²) in [5, 5.41) is 12.4. The molecule has 0 spiro atoms. The predicted octanol–water partition coefficient (Wildman–Crippen LogP) is 1.09. The number of carboxylic acids is 1. The molecule has 0 bridgehead atoms. The van der Waals surface area contributed by atoms with Crippen LogP contribution in [-0.2, 0) is 27.8 Å². The second kappa shape index (κ2) is 6.06. The number of sulfonamides is 1. The van der Waals surface area contributed by atoms with Gasteiger partial charge in [0.1, 0.15) is 5.76 Å². The molecule has 0 unspecified atom stereocenters. The van der Waals surface area contributed by atoms with E-state index in [1.165, 1.54) is 24.3 Å². The minimum Gasteiger partial charge on any atom is -0.481 e. The first-order valence-electron chi connectivity index (χ1n) is 6.09. The van der Waals surface area contributed by atoms with Crippen molar-refractivity contribution in [2.45, 2.75) is 24.8 Å². The van der Waals surface area contributed by atoms with Gasteiger partial charge in [0.15, 0.2) is 0 Å². The molecule has 1 aromatic heterocycles. The van der Waals surface area contributed by atoms with Gasteiger partial charge in [-0.25, -0.2) is 13.1 Å². The second-order valence-electron chi connectivity index (χ2n) is 4.47. The van der Waals surface area contributed by atoms with Crippen molar-refractivity contribution >= 4 is 16.0 Å². The minimum absolute atomic E-state index is 0.0244. The minimum atomic E-state index is -3.67. The van der Waals surface area contributed by atoms with Crippen molar-refractivity contribution < 1.29 is 22.8 Å². The molecule has 0 aliphatic rings. The Bertz CT molecular complexity index is 734. The Morgan fingerprint density at radius 3 is 2.52 bits per heavy atom. The van der Waals surface area contributed by atoms with Crippen LogP contribution in [0, 0.1) is 6.92 Å². The summed E-state index contributed by atoms with van der Waals surface area (Å²) >= 11 is 0. The van der Waals surface area contributed by atoms with Gasteiger partial charge >= 0.3 is 5.97 Å². The highest BCUT2D eigenvalue weighted by Gasteiger charge is 2.15. The zero-order chi connectivity index (χ0) is 15.5. The molecule has 0 aliphatic heterocycles. The van der Waals surface area contributed by atoms with Gasteiger partial charge in [-0.3, -0.25) is 4.79 Å². The first-order chi connectivity index (χ1) is 9.87. The largest absolute Gasteiger partial charge is 0.481 e. The topological polar surface area (TPSA) is 110 Å². The fourth-order valence-corrected chi connectivity index (χ4v) is 2.71. The fraction of sp³-hybridized carbons (Fsp3) is 0.231. The summed E-state index contributed by atoms with van der Waals surface area (Å²) in [5.41, 5.74) is 1.02. The molecule has 0 fully saturated rings. The monoisotopic (exact) mass is 310 g/mol. The van der Waals surface area contributed by atoms with Gasteiger partial charge in [0.25, 0.3) is 0 Å². The molecule has 0 radical (unpaired) electrons. The highest BCUT2D eigenvalue weighted by molar-refractivity contribution is 7.89. The van der Waals surface area contributed by atoms with Crippen LogP contribution in [0.2, 0.25) is 0 Å². The van der Waals surface area contributed by atoms with Crippen molar-refractivity contribution in [3.8, 4) is 0 Å². The number of nitrogens with zero attached hydrogens (tertiary/aromatic N) is 1. The van der Waals surface area contributed by atoms with Crippen LogP contribution in [0.25, 0.3) is 0 Å². The van der Waals surface area contributed by atoms with E-state index in [2.05, 4.69) is 9.88 Å². The Morgan fingerprint density at radius 2 is 2.00 bits per heavy atom. The van der Waals surface area contributed by atoms with E-state index in [0.717, 1.165) is 0 Å². The van der Waals surface area contributed by atoms with Crippen LogP contribution < -0.4 is 4.72 Å². The van der Waals surface area contributed by atoms with Gasteiger partial charge in [-0.05, 0) is 24.6 Å². The molecule has 0 aliphatic carbocycles. The highest BCUT2D eigenvalue weighted by atomic mass is 32.2. The van der Waals surface area contributed by atoms with E-state index in [-0.39, 0.29) is 17.9 Å². The number of carbonyl (C=O) groups is 1. The lowest BCUT2D eigenvalue weighted by atomic mass is 10.2. The zero-order valence-electron chi connectivity index (χ0n) is 11.2. The van der Waals surface area contributed by atoms with Gasteiger partial charge in [0.05, 0.1) is 23.6 Å². The van der Waals surface area contributed by atoms with Crippen molar-refractivity contribution in [2.24, 2.45) is 0 Å². The number of nitrogens with one attached hydrogen (secondary N) is 1. The van der Waals surface area contributed by atoms with E-state index in [9.17, 15) is 13.2 Å². The lowest BCUT2D eigenvalue weighted by molar-refractivity contribution is -0.136. The number of hydrogen-bond acceptors (Lipinski definition) is 5. The number of carboxylic acid groups (broad SMARTS) is 1. The maximum Gasteiger partial charge on any atom is 0.307 e. The van der Waals surface area contributed by atoms with Gasteiger partial charge in [-0.2, -0.15) is 0 Å². The number of aromatic nitrogens is 1. The average Bonchev–Trinajstić information content (AvgIpc) is 2.82. The molecule has 2 rings (SSSR count). The summed E-state index contributed by atoms with van der Waals surface area (Å²) in [5.74, 6) is -0.368. The van der Waals surface area contributed by atoms with Crippen molar-refractivity contribution in [1.29, 1.82) is 0 Å². The smallest absolute Gasteiger partial charge is 0.307 e. The third kappa shape index (κ3) is 4.14. The Balaban J connectivity index is 2.06. The Kier molecular flexibility index (Phi) is 4.39. The number of rotatable bonds is 6. The first-order valence-corrected chi connectivity index (χ1v) is 7.58. The van der Waals surface area contributed by atoms with E-state index in [0.29, 0.717) is 17.0 Å². The molecular formula is C13H14N2O5S. The molecule has 1 aromatic carbocycles. The molecular weight excluding hydrogens is 296 g/mol. The van der Waals surface area contributed by atoms with Crippen molar-refractivity contribution in [1.82, 2.24) is 9.88 Å². The number of benzene rings is 1. The quantitative estimate of drug-likeness (QED) is 0.826. The normalized spacial score (nSPS) is 11.5. The molecule has 7 nitrogen and oxygen atoms in total. The van der Waals surface area contributed by atoms with Gasteiger partial charge in [0, 0.05) is 6.07 Å². The summed E-state index contributed by atoms with van der Waals surface area (Å²) < 4.78 is 31.4. The molecule has 8 heteroatoms. The first kappa shape index (κ1) is 15.2. The lowest BCUT2D eigenvalue weighted by Crippen LogP contribution is -2.23. The maximum atomic E-state index is 12.1. The molecule has 2 N–H and O–H groups in total. The fourth-order valence-electron chi connectivity index (χ4n) is 1.71. The Morgan fingerprint density at radius 1 is 1.33 bits per heavy atom. The molecule has 21 heavy (non-hydrogen) atoms. The molecule has 0 saturated carbocycles. The summed E-state index contributed by atoms with van der Waals surface area (Å²) in [6.07, 6.45) is -0.147. The summed E-state index contributed by atoms with van der Waals surface area (Å²) in [4.78, 5) is 10.6. The van der Waals surface area contributed by atoms with Crippen molar-refractivity contribution in [2.75, 3.05) is 0 Å². The molecule has 1 heterocycles. The van der Waals surface area contributed by atoms with Crippen LogP contribution in [0.3, 0.4) is 0 Å². The summed E-state index contributed by atoms with van der Waals surface area (Å²) in [6, 6.07) is 7.33. The molecule has 2 aromatic rings.